The monoisotopic (exact) mass is 407 g/mol. The number of amides is 1. The molecule has 0 aromatic heterocycles. The maximum absolute atomic E-state index is 12.3. The summed E-state index contributed by atoms with van der Waals surface area (Å²) >= 11 is 0. The maximum atomic E-state index is 12.3. The lowest BCUT2D eigenvalue weighted by Gasteiger charge is -2.14. The van der Waals surface area contributed by atoms with Crippen molar-refractivity contribution >= 4 is 22.6 Å². The average Bonchev–Trinajstić information content (AvgIpc) is 2.76. The fourth-order valence-electron chi connectivity index (χ4n) is 3.13. The molecule has 0 unspecified atom stereocenters. The number of nitrogens with one attached hydrogen (secondary N) is 1. The molecule has 0 saturated heterocycles. The van der Waals surface area contributed by atoms with Crippen LogP contribution in [0.2, 0.25) is 0 Å². The summed E-state index contributed by atoms with van der Waals surface area (Å²) < 4.78 is 15.8. The van der Waals surface area contributed by atoms with Crippen LogP contribution in [0.25, 0.3) is 10.8 Å². The number of esters is 1. The molecule has 1 atom stereocenters. The lowest BCUT2D eigenvalue weighted by atomic mass is 10.1. The molecule has 0 radical (unpaired) electrons. The Hall–Kier alpha value is -3.54. The predicted octanol–water partition coefficient (Wildman–Crippen LogP) is 3.65. The zero-order chi connectivity index (χ0) is 21.5. The summed E-state index contributed by atoms with van der Waals surface area (Å²) in [6.45, 7) is 1.84. The van der Waals surface area contributed by atoms with Crippen LogP contribution in [0.1, 0.15) is 18.1 Å². The molecule has 0 aliphatic rings. The van der Waals surface area contributed by atoms with E-state index in [0.717, 1.165) is 21.9 Å². The smallest absolute Gasteiger partial charge is 0.311 e. The number of rotatable bonds is 8. The largest absolute Gasteiger partial charge is 0.493 e. The summed E-state index contributed by atoms with van der Waals surface area (Å²) in [6, 6.07) is 19.1. The molecule has 1 amide bonds. The SMILES string of the molecule is COc1ccc(CNC(=O)[C@H](C)OC(=O)Cc2ccc3ccccc3c2)cc1OC. The third kappa shape index (κ3) is 5.29. The van der Waals surface area contributed by atoms with E-state index in [-0.39, 0.29) is 18.9 Å². The number of fused-ring (bicyclic) bond motifs is 1. The van der Waals surface area contributed by atoms with Gasteiger partial charge in [-0.3, -0.25) is 9.59 Å². The van der Waals surface area contributed by atoms with E-state index in [0.29, 0.717) is 11.5 Å². The molecular formula is C24H25NO5. The predicted molar refractivity (Wildman–Crippen MR) is 115 cm³/mol. The maximum Gasteiger partial charge on any atom is 0.311 e. The van der Waals surface area contributed by atoms with Crippen molar-refractivity contribution in [1.82, 2.24) is 5.32 Å². The van der Waals surface area contributed by atoms with Gasteiger partial charge in [0.05, 0.1) is 20.6 Å². The second kappa shape index (κ2) is 9.78. The molecule has 6 nitrogen and oxygen atoms in total. The van der Waals surface area contributed by atoms with Crippen LogP contribution in [0.15, 0.2) is 60.7 Å². The first-order chi connectivity index (χ1) is 14.5. The normalized spacial score (nSPS) is 11.6. The van der Waals surface area contributed by atoms with Crippen LogP contribution in [0, 0.1) is 0 Å². The van der Waals surface area contributed by atoms with Crippen LogP contribution in [0.4, 0.5) is 0 Å². The minimum absolute atomic E-state index is 0.109. The van der Waals surface area contributed by atoms with Gasteiger partial charge in [-0.2, -0.15) is 0 Å². The number of methoxy groups -OCH3 is 2. The van der Waals surface area contributed by atoms with Crippen molar-refractivity contribution in [1.29, 1.82) is 0 Å². The quantitative estimate of drug-likeness (QED) is 0.577. The van der Waals surface area contributed by atoms with Gasteiger partial charge < -0.3 is 19.5 Å². The zero-order valence-corrected chi connectivity index (χ0v) is 17.3. The third-order valence-electron chi connectivity index (χ3n) is 4.75. The lowest BCUT2D eigenvalue weighted by Crippen LogP contribution is -2.35. The molecule has 0 fully saturated rings. The molecule has 0 aliphatic heterocycles. The van der Waals surface area contributed by atoms with Crippen LogP contribution in [-0.4, -0.2) is 32.2 Å². The minimum atomic E-state index is -0.891. The second-order valence-corrected chi connectivity index (χ2v) is 6.90. The molecule has 156 valence electrons. The summed E-state index contributed by atoms with van der Waals surface area (Å²) in [7, 11) is 3.12. The Balaban J connectivity index is 1.52. The number of carbonyl (C=O) groups is 2. The van der Waals surface area contributed by atoms with Crippen molar-refractivity contribution in [3.05, 3.63) is 71.8 Å². The van der Waals surface area contributed by atoms with Crippen LogP contribution in [0.3, 0.4) is 0 Å². The number of ether oxygens (including phenoxy) is 3. The highest BCUT2D eigenvalue weighted by molar-refractivity contribution is 5.86. The van der Waals surface area contributed by atoms with Gasteiger partial charge in [0.25, 0.3) is 5.91 Å². The van der Waals surface area contributed by atoms with E-state index in [1.807, 2.05) is 48.5 Å². The minimum Gasteiger partial charge on any atom is -0.493 e. The van der Waals surface area contributed by atoms with Gasteiger partial charge >= 0.3 is 5.97 Å². The van der Waals surface area contributed by atoms with Crippen molar-refractivity contribution in [2.75, 3.05) is 14.2 Å². The van der Waals surface area contributed by atoms with Gasteiger partial charge in [0.1, 0.15) is 0 Å². The van der Waals surface area contributed by atoms with Crippen molar-refractivity contribution in [3.63, 3.8) is 0 Å². The van der Waals surface area contributed by atoms with Gasteiger partial charge in [0.15, 0.2) is 17.6 Å². The fraction of sp³-hybridized carbons (Fsp3) is 0.250. The molecule has 3 rings (SSSR count). The second-order valence-electron chi connectivity index (χ2n) is 6.90. The molecule has 0 bridgehead atoms. The van der Waals surface area contributed by atoms with Crippen molar-refractivity contribution in [3.8, 4) is 11.5 Å². The highest BCUT2D eigenvalue weighted by Crippen LogP contribution is 2.27. The molecule has 0 aliphatic carbocycles. The lowest BCUT2D eigenvalue weighted by molar-refractivity contribution is -0.154. The molecule has 3 aromatic carbocycles. The van der Waals surface area contributed by atoms with Gasteiger partial charge in [-0.05, 0) is 41.0 Å². The summed E-state index contributed by atoms with van der Waals surface area (Å²) in [4.78, 5) is 24.6. The van der Waals surface area contributed by atoms with Crippen molar-refractivity contribution in [2.24, 2.45) is 0 Å². The standard InChI is InChI=1S/C24H25NO5/c1-16(24(27)25-15-18-9-11-21(28-2)22(13-18)29-3)30-23(26)14-17-8-10-19-6-4-5-7-20(19)12-17/h4-13,16H,14-15H2,1-3H3,(H,25,27)/t16-/m0/s1. The number of hydrogen-bond donors (Lipinski definition) is 1. The molecular weight excluding hydrogens is 382 g/mol. The summed E-state index contributed by atoms with van der Waals surface area (Å²) in [5.74, 6) is 0.387. The van der Waals surface area contributed by atoms with Gasteiger partial charge in [0, 0.05) is 6.54 Å². The molecule has 0 heterocycles. The summed E-state index contributed by atoms with van der Waals surface area (Å²) in [5, 5.41) is 4.94. The van der Waals surface area contributed by atoms with E-state index >= 15 is 0 Å². The van der Waals surface area contributed by atoms with Crippen molar-refractivity contribution in [2.45, 2.75) is 26.0 Å². The molecule has 1 N–H and O–H groups in total. The van der Waals surface area contributed by atoms with Crippen LogP contribution in [-0.2, 0) is 27.3 Å². The summed E-state index contributed by atoms with van der Waals surface area (Å²) in [6.07, 6.45) is -0.781. The Bertz CT molecular complexity index is 1050. The van der Waals surface area contributed by atoms with Crippen LogP contribution in [0.5, 0.6) is 11.5 Å². The number of hydrogen-bond acceptors (Lipinski definition) is 5. The van der Waals surface area contributed by atoms with E-state index in [4.69, 9.17) is 14.2 Å². The third-order valence-corrected chi connectivity index (χ3v) is 4.75. The zero-order valence-electron chi connectivity index (χ0n) is 17.3. The Labute approximate surface area is 175 Å². The first-order valence-electron chi connectivity index (χ1n) is 9.66. The first kappa shape index (κ1) is 21.2. The first-order valence-corrected chi connectivity index (χ1v) is 9.66. The highest BCUT2D eigenvalue weighted by Gasteiger charge is 2.18. The van der Waals surface area contributed by atoms with Gasteiger partial charge in [-0.25, -0.2) is 0 Å². The van der Waals surface area contributed by atoms with Crippen LogP contribution < -0.4 is 14.8 Å². The fourth-order valence-corrected chi connectivity index (χ4v) is 3.13. The highest BCUT2D eigenvalue weighted by atomic mass is 16.5. The van der Waals surface area contributed by atoms with E-state index < -0.39 is 12.1 Å². The molecule has 30 heavy (non-hydrogen) atoms. The Kier molecular flexibility index (Phi) is 6.91. The van der Waals surface area contributed by atoms with Gasteiger partial charge in [-0.1, -0.05) is 48.5 Å². The number of carbonyl (C=O) groups excluding carboxylic acids is 2. The van der Waals surface area contributed by atoms with Gasteiger partial charge in [0.2, 0.25) is 0 Å². The van der Waals surface area contributed by atoms with Crippen LogP contribution >= 0.6 is 0 Å². The van der Waals surface area contributed by atoms with Gasteiger partial charge in [-0.15, -0.1) is 0 Å². The summed E-state index contributed by atoms with van der Waals surface area (Å²) in [5.41, 5.74) is 1.69. The molecule has 0 saturated carbocycles. The Morgan fingerprint density at radius 1 is 0.867 bits per heavy atom. The van der Waals surface area contributed by atoms with E-state index in [9.17, 15) is 9.59 Å². The van der Waals surface area contributed by atoms with E-state index in [1.165, 1.54) is 0 Å². The van der Waals surface area contributed by atoms with E-state index in [1.54, 1.807) is 33.3 Å². The average molecular weight is 407 g/mol. The Morgan fingerprint density at radius 2 is 1.57 bits per heavy atom. The Morgan fingerprint density at radius 3 is 2.30 bits per heavy atom. The molecule has 3 aromatic rings. The molecule has 0 spiro atoms. The molecule has 6 heteroatoms. The van der Waals surface area contributed by atoms with Crippen molar-refractivity contribution < 1.29 is 23.8 Å². The number of benzene rings is 3. The van der Waals surface area contributed by atoms with E-state index in [2.05, 4.69) is 5.32 Å². The topological polar surface area (TPSA) is 73.9 Å².